The second-order valence-corrected chi connectivity index (χ2v) is 8.87. The number of nitrogens with one attached hydrogen (secondary N) is 2. The zero-order valence-corrected chi connectivity index (χ0v) is 18.8. The highest BCUT2D eigenvalue weighted by Crippen LogP contribution is 2.44. The average Bonchev–Trinajstić information content (AvgIpc) is 3.29. The molecule has 2 aromatic rings. The Morgan fingerprint density at radius 1 is 1.21 bits per heavy atom. The van der Waals surface area contributed by atoms with Crippen LogP contribution in [0.25, 0.3) is 11.1 Å². The Balaban J connectivity index is 1.34. The first-order chi connectivity index (χ1) is 15.9. The van der Waals surface area contributed by atoms with Crippen molar-refractivity contribution in [1.82, 2.24) is 9.88 Å². The third kappa shape index (κ3) is 4.36. The van der Waals surface area contributed by atoms with E-state index in [-0.39, 0.29) is 5.91 Å². The lowest BCUT2D eigenvalue weighted by Gasteiger charge is -2.26. The van der Waals surface area contributed by atoms with Crippen molar-refractivity contribution in [3.05, 3.63) is 65.3 Å². The number of anilines is 2. The zero-order valence-electron chi connectivity index (χ0n) is 18.8. The Kier molecular flexibility index (Phi) is 5.64. The molecule has 0 unspecified atom stereocenters. The predicted octanol–water partition coefficient (Wildman–Crippen LogP) is 3.52. The maximum absolute atomic E-state index is 13.6. The third-order valence-electron chi connectivity index (χ3n) is 6.17. The highest BCUT2D eigenvalue weighted by Gasteiger charge is 2.38. The molecule has 4 heterocycles. The SMILES string of the molecule is CC1(C)O/C(=C2/C(=O)Nc3cc(F)ccc32)C=C1c1ccc(NCCN2CCOCC2)nc1. The largest absolute Gasteiger partial charge is 0.482 e. The number of hydrogen-bond acceptors (Lipinski definition) is 6. The topological polar surface area (TPSA) is 75.7 Å². The lowest BCUT2D eigenvalue weighted by atomic mass is 9.93. The molecular weight excluding hydrogens is 423 g/mol. The molecule has 0 aliphatic carbocycles. The minimum atomic E-state index is -0.641. The number of morpholine rings is 1. The van der Waals surface area contributed by atoms with Gasteiger partial charge in [0.05, 0.1) is 24.5 Å². The van der Waals surface area contributed by atoms with Gasteiger partial charge in [-0.2, -0.15) is 0 Å². The van der Waals surface area contributed by atoms with E-state index in [0.717, 1.165) is 56.3 Å². The molecule has 0 atom stereocenters. The zero-order chi connectivity index (χ0) is 23.0. The van der Waals surface area contributed by atoms with Crippen LogP contribution < -0.4 is 10.6 Å². The predicted molar refractivity (Wildman–Crippen MR) is 125 cm³/mol. The number of ether oxygens (including phenoxy) is 2. The van der Waals surface area contributed by atoms with Crippen molar-refractivity contribution in [3.63, 3.8) is 0 Å². The Bertz CT molecular complexity index is 1130. The van der Waals surface area contributed by atoms with Gasteiger partial charge < -0.3 is 20.1 Å². The lowest BCUT2D eigenvalue weighted by molar-refractivity contribution is -0.111. The van der Waals surface area contributed by atoms with Crippen LogP contribution >= 0.6 is 0 Å². The fourth-order valence-electron chi connectivity index (χ4n) is 4.43. The third-order valence-corrected chi connectivity index (χ3v) is 6.17. The maximum atomic E-state index is 13.6. The van der Waals surface area contributed by atoms with Crippen LogP contribution in [0.5, 0.6) is 0 Å². The number of aromatic nitrogens is 1. The molecule has 1 amide bonds. The Labute approximate surface area is 192 Å². The molecular formula is C25H27FN4O3. The summed E-state index contributed by atoms with van der Waals surface area (Å²) >= 11 is 0. The Morgan fingerprint density at radius 2 is 2.03 bits per heavy atom. The molecule has 1 saturated heterocycles. The van der Waals surface area contributed by atoms with Gasteiger partial charge in [-0.1, -0.05) is 0 Å². The molecule has 5 rings (SSSR count). The van der Waals surface area contributed by atoms with Crippen LogP contribution in [0.1, 0.15) is 25.0 Å². The molecule has 2 N–H and O–H groups in total. The van der Waals surface area contributed by atoms with Crippen LogP contribution in [-0.4, -0.2) is 60.8 Å². The van der Waals surface area contributed by atoms with Crippen LogP contribution in [0, 0.1) is 5.82 Å². The van der Waals surface area contributed by atoms with Gasteiger partial charge in [0.1, 0.15) is 23.0 Å². The summed E-state index contributed by atoms with van der Waals surface area (Å²) in [5.74, 6) is 0.602. The number of pyridine rings is 1. The van der Waals surface area contributed by atoms with Gasteiger partial charge in [-0.3, -0.25) is 9.69 Å². The first-order valence-electron chi connectivity index (χ1n) is 11.2. The molecule has 33 heavy (non-hydrogen) atoms. The first-order valence-corrected chi connectivity index (χ1v) is 11.2. The van der Waals surface area contributed by atoms with Gasteiger partial charge in [0.15, 0.2) is 0 Å². The van der Waals surface area contributed by atoms with Gasteiger partial charge in [0, 0.05) is 49.1 Å². The number of hydrogen-bond donors (Lipinski definition) is 2. The smallest absolute Gasteiger partial charge is 0.260 e. The summed E-state index contributed by atoms with van der Waals surface area (Å²) in [6.07, 6.45) is 3.70. The van der Waals surface area contributed by atoms with Crippen molar-refractivity contribution >= 4 is 28.6 Å². The monoisotopic (exact) mass is 450 g/mol. The molecule has 3 aliphatic heterocycles. The minimum absolute atomic E-state index is 0.295. The quantitative estimate of drug-likeness (QED) is 0.679. The van der Waals surface area contributed by atoms with Crippen molar-refractivity contribution in [2.24, 2.45) is 0 Å². The number of carbonyl (C=O) groups is 1. The number of rotatable bonds is 5. The summed E-state index contributed by atoms with van der Waals surface area (Å²) in [5, 5.41) is 6.09. The average molecular weight is 451 g/mol. The van der Waals surface area contributed by atoms with Gasteiger partial charge in [0.25, 0.3) is 5.91 Å². The normalized spacial score (nSPS) is 21.9. The van der Waals surface area contributed by atoms with Crippen molar-refractivity contribution < 1.29 is 18.7 Å². The molecule has 7 nitrogen and oxygen atoms in total. The number of allylic oxidation sites excluding steroid dienone is 1. The second kappa shape index (κ2) is 8.61. The van der Waals surface area contributed by atoms with E-state index in [4.69, 9.17) is 9.47 Å². The fourth-order valence-corrected chi connectivity index (χ4v) is 4.43. The van der Waals surface area contributed by atoms with Crippen molar-refractivity contribution in [3.8, 4) is 0 Å². The summed E-state index contributed by atoms with van der Waals surface area (Å²) in [6, 6.07) is 8.23. The van der Waals surface area contributed by atoms with Crippen LogP contribution in [0.3, 0.4) is 0 Å². The van der Waals surface area contributed by atoms with E-state index in [1.807, 2.05) is 38.3 Å². The molecule has 0 saturated carbocycles. The van der Waals surface area contributed by atoms with Crippen LogP contribution in [0.2, 0.25) is 0 Å². The van der Waals surface area contributed by atoms with Gasteiger partial charge in [-0.15, -0.1) is 0 Å². The lowest BCUT2D eigenvalue weighted by Crippen LogP contribution is -2.39. The summed E-state index contributed by atoms with van der Waals surface area (Å²) in [4.78, 5) is 19.5. The first kappa shape index (κ1) is 21.6. The molecule has 0 radical (unpaired) electrons. The van der Waals surface area contributed by atoms with E-state index < -0.39 is 11.4 Å². The molecule has 8 heteroatoms. The van der Waals surface area contributed by atoms with Crippen LogP contribution in [-0.2, 0) is 14.3 Å². The summed E-state index contributed by atoms with van der Waals surface area (Å²) < 4.78 is 25.1. The van der Waals surface area contributed by atoms with E-state index in [1.54, 1.807) is 6.07 Å². The van der Waals surface area contributed by atoms with E-state index in [9.17, 15) is 9.18 Å². The molecule has 1 aromatic carbocycles. The Hall–Kier alpha value is -3.23. The van der Waals surface area contributed by atoms with E-state index in [0.29, 0.717) is 22.6 Å². The van der Waals surface area contributed by atoms with Gasteiger partial charge in [0.2, 0.25) is 0 Å². The number of carbonyl (C=O) groups excluding carboxylic acids is 1. The van der Waals surface area contributed by atoms with E-state index in [2.05, 4.69) is 20.5 Å². The molecule has 172 valence electrons. The summed E-state index contributed by atoms with van der Waals surface area (Å²) in [7, 11) is 0. The molecule has 1 fully saturated rings. The van der Waals surface area contributed by atoms with Crippen molar-refractivity contribution in [2.45, 2.75) is 19.4 Å². The second-order valence-electron chi connectivity index (χ2n) is 8.87. The van der Waals surface area contributed by atoms with Crippen LogP contribution in [0.4, 0.5) is 15.9 Å². The summed E-state index contributed by atoms with van der Waals surface area (Å²) in [5.41, 5.74) is 2.73. The standard InChI is InChI=1S/C25H27FN4O3/c1-25(2)19(14-21(33-25)23-18-5-4-17(26)13-20(18)29-24(23)31)16-3-6-22(28-15-16)27-7-8-30-9-11-32-12-10-30/h3-6,13-15H,7-12H2,1-2H3,(H,27,28)(H,29,31)/b23-21+. The minimum Gasteiger partial charge on any atom is -0.482 e. The molecule has 0 bridgehead atoms. The van der Waals surface area contributed by atoms with Gasteiger partial charge >= 0.3 is 0 Å². The highest BCUT2D eigenvalue weighted by atomic mass is 19.1. The number of benzene rings is 1. The van der Waals surface area contributed by atoms with E-state index in [1.165, 1.54) is 12.1 Å². The Morgan fingerprint density at radius 3 is 2.79 bits per heavy atom. The van der Waals surface area contributed by atoms with E-state index >= 15 is 0 Å². The van der Waals surface area contributed by atoms with Gasteiger partial charge in [-0.25, -0.2) is 9.37 Å². The molecule has 1 aromatic heterocycles. The number of fused-ring (bicyclic) bond motifs is 1. The highest BCUT2D eigenvalue weighted by molar-refractivity contribution is 6.32. The number of nitrogens with zero attached hydrogens (tertiary/aromatic N) is 2. The van der Waals surface area contributed by atoms with Gasteiger partial charge in [-0.05, 0) is 50.3 Å². The number of halogens is 1. The van der Waals surface area contributed by atoms with Crippen molar-refractivity contribution in [1.29, 1.82) is 0 Å². The maximum Gasteiger partial charge on any atom is 0.260 e. The van der Waals surface area contributed by atoms with Crippen molar-refractivity contribution in [2.75, 3.05) is 50.0 Å². The molecule has 0 spiro atoms. The number of amides is 1. The van der Waals surface area contributed by atoms with Crippen LogP contribution in [0.15, 0.2) is 48.4 Å². The fraction of sp³-hybridized carbons (Fsp3) is 0.360. The summed E-state index contributed by atoms with van der Waals surface area (Å²) in [6.45, 7) is 9.19. The molecule has 3 aliphatic rings.